The highest BCUT2D eigenvalue weighted by Gasteiger charge is 2.13. The average Bonchev–Trinajstić information content (AvgIpc) is 3.13. The zero-order valence-electron chi connectivity index (χ0n) is 11.2. The van der Waals surface area contributed by atoms with Gasteiger partial charge in [-0.2, -0.15) is 0 Å². The van der Waals surface area contributed by atoms with E-state index in [9.17, 15) is 0 Å². The van der Waals surface area contributed by atoms with E-state index in [1.165, 1.54) is 43.8 Å². The van der Waals surface area contributed by atoms with Crippen LogP contribution in [0.15, 0.2) is 48.6 Å². The van der Waals surface area contributed by atoms with Crippen molar-refractivity contribution >= 4 is 33.7 Å². The molecule has 0 aromatic heterocycles. The highest BCUT2D eigenvalue weighted by atomic mass is 14.2. The number of hydrogen-bond acceptors (Lipinski definition) is 0. The molecule has 0 bridgehead atoms. The van der Waals surface area contributed by atoms with Crippen LogP contribution in [0.5, 0.6) is 0 Å². The Balaban J connectivity index is 1.94. The molecule has 2 aliphatic rings. The quantitative estimate of drug-likeness (QED) is 0.488. The molecule has 0 heterocycles. The maximum Gasteiger partial charge on any atom is -0.00820 e. The second-order valence-corrected chi connectivity index (χ2v) is 5.77. The Hall–Kier alpha value is -2.34. The fourth-order valence-electron chi connectivity index (χ4n) is 3.68. The first kappa shape index (κ1) is 10.4. The van der Waals surface area contributed by atoms with Crippen molar-refractivity contribution in [2.75, 3.05) is 0 Å². The maximum absolute atomic E-state index is 2.42. The van der Waals surface area contributed by atoms with E-state index in [0.717, 1.165) is 12.8 Å². The van der Waals surface area contributed by atoms with Gasteiger partial charge in [-0.1, -0.05) is 48.6 Å². The Morgan fingerprint density at radius 1 is 0.600 bits per heavy atom. The summed E-state index contributed by atoms with van der Waals surface area (Å²) in [5, 5.41) is 5.59. The van der Waals surface area contributed by atoms with Crippen LogP contribution in [0.1, 0.15) is 22.3 Å². The van der Waals surface area contributed by atoms with Gasteiger partial charge < -0.3 is 0 Å². The molecule has 94 valence electrons. The summed E-state index contributed by atoms with van der Waals surface area (Å²) >= 11 is 0. The highest BCUT2D eigenvalue weighted by Crippen LogP contribution is 2.35. The van der Waals surface area contributed by atoms with E-state index in [-0.39, 0.29) is 0 Å². The molecule has 5 rings (SSSR count). The molecule has 0 nitrogen and oxygen atoms in total. The molecule has 0 N–H and O–H groups in total. The van der Waals surface area contributed by atoms with Crippen LogP contribution in [0.2, 0.25) is 0 Å². The zero-order valence-corrected chi connectivity index (χ0v) is 11.2. The molecule has 3 aromatic carbocycles. The maximum atomic E-state index is 2.42. The van der Waals surface area contributed by atoms with E-state index < -0.39 is 0 Å². The lowest BCUT2D eigenvalue weighted by Gasteiger charge is -2.10. The van der Waals surface area contributed by atoms with Crippen molar-refractivity contribution in [3.8, 4) is 0 Å². The monoisotopic (exact) mass is 254 g/mol. The summed E-state index contributed by atoms with van der Waals surface area (Å²) in [5.41, 5.74) is 5.77. The van der Waals surface area contributed by atoms with Gasteiger partial charge in [0.25, 0.3) is 0 Å². The molecule has 20 heavy (non-hydrogen) atoms. The van der Waals surface area contributed by atoms with E-state index in [4.69, 9.17) is 0 Å². The summed E-state index contributed by atoms with van der Waals surface area (Å²) in [6.45, 7) is 0. The van der Waals surface area contributed by atoms with Crippen LogP contribution in [0, 0.1) is 0 Å². The molecule has 0 heteroatoms. The lowest BCUT2D eigenvalue weighted by atomic mass is 9.93. The third kappa shape index (κ3) is 1.26. The Morgan fingerprint density at radius 3 is 1.70 bits per heavy atom. The molecule has 0 aliphatic heterocycles. The van der Waals surface area contributed by atoms with Crippen LogP contribution in [-0.2, 0) is 12.8 Å². The first-order chi connectivity index (χ1) is 9.90. The second kappa shape index (κ2) is 3.61. The van der Waals surface area contributed by atoms with Gasteiger partial charge in [0.05, 0.1) is 0 Å². The molecule has 0 atom stereocenters. The molecule has 0 unspecified atom stereocenters. The van der Waals surface area contributed by atoms with E-state index >= 15 is 0 Å². The first-order valence-electron chi connectivity index (χ1n) is 7.24. The molecule has 0 amide bonds. The smallest absolute Gasteiger partial charge is 0.00820 e. The summed E-state index contributed by atoms with van der Waals surface area (Å²) in [7, 11) is 0. The van der Waals surface area contributed by atoms with Gasteiger partial charge in [-0.05, 0) is 68.8 Å². The van der Waals surface area contributed by atoms with Crippen LogP contribution in [-0.4, -0.2) is 0 Å². The number of fused-ring (bicyclic) bond motifs is 6. The average molecular weight is 254 g/mol. The molecular formula is C20H14. The SMILES string of the molecule is C1=Cc2ccc3cc4ccc5c(c4cc3c2C1)CC=C5. The van der Waals surface area contributed by atoms with Crippen LogP contribution < -0.4 is 0 Å². The minimum absolute atomic E-state index is 1.07. The lowest BCUT2D eigenvalue weighted by Crippen LogP contribution is -1.89. The predicted octanol–water partition coefficient (Wildman–Crippen LogP) is 5.13. The molecule has 0 spiro atoms. The first-order valence-corrected chi connectivity index (χ1v) is 7.24. The van der Waals surface area contributed by atoms with Gasteiger partial charge in [-0.15, -0.1) is 0 Å². The van der Waals surface area contributed by atoms with E-state index in [2.05, 4.69) is 60.7 Å². The summed E-state index contributed by atoms with van der Waals surface area (Å²) < 4.78 is 0. The van der Waals surface area contributed by atoms with Gasteiger partial charge in [0.2, 0.25) is 0 Å². The van der Waals surface area contributed by atoms with Gasteiger partial charge in [0.1, 0.15) is 0 Å². The van der Waals surface area contributed by atoms with Crippen molar-refractivity contribution in [1.82, 2.24) is 0 Å². The van der Waals surface area contributed by atoms with Crippen molar-refractivity contribution < 1.29 is 0 Å². The van der Waals surface area contributed by atoms with Crippen molar-refractivity contribution in [2.45, 2.75) is 12.8 Å². The van der Waals surface area contributed by atoms with E-state index in [1.54, 1.807) is 0 Å². The van der Waals surface area contributed by atoms with E-state index in [0.29, 0.717) is 0 Å². The number of rotatable bonds is 0. The molecule has 0 saturated heterocycles. The third-order valence-corrected chi connectivity index (χ3v) is 4.69. The summed E-state index contributed by atoms with van der Waals surface area (Å²) in [6.07, 6.45) is 11.2. The molecule has 0 fully saturated rings. The van der Waals surface area contributed by atoms with Gasteiger partial charge in [0.15, 0.2) is 0 Å². The highest BCUT2D eigenvalue weighted by molar-refractivity contribution is 6.03. The van der Waals surface area contributed by atoms with Gasteiger partial charge in [-0.25, -0.2) is 0 Å². The standard InChI is InChI=1S/C20H14/c1-3-13-7-9-15-11-16-10-8-14-4-2-6-18(14)20(16)12-19(15)17(13)5-1/h1-4,7-12H,5-6H2. The van der Waals surface area contributed by atoms with Crippen LogP contribution in [0.25, 0.3) is 33.7 Å². The van der Waals surface area contributed by atoms with Crippen LogP contribution in [0.3, 0.4) is 0 Å². The molecule has 0 saturated carbocycles. The Morgan fingerprint density at radius 2 is 1.15 bits per heavy atom. The van der Waals surface area contributed by atoms with Crippen LogP contribution >= 0.6 is 0 Å². The number of hydrogen-bond donors (Lipinski definition) is 0. The molecule has 2 aliphatic carbocycles. The number of allylic oxidation sites excluding steroid dienone is 2. The minimum atomic E-state index is 1.07. The molecule has 0 radical (unpaired) electrons. The summed E-state index contributed by atoms with van der Waals surface area (Å²) in [5.74, 6) is 0. The van der Waals surface area contributed by atoms with Crippen LogP contribution in [0.4, 0.5) is 0 Å². The van der Waals surface area contributed by atoms with Crippen molar-refractivity contribution in [2.24, 2.45) is 0 Å². The fraction of sp³-hybridized carbons (Fsp3) is 0.100. The van der Waals surface area contributed by atoms with Crippen molar-refractivity contribution in [3.05, 3.63) is 70.8 Å². The largest absolute Gasteiger partial charge is 0.0795 e. The predicted molar refractivity (Wildman–Crippen MR) is 86.9 cm³/mol. The third-order valence-electron chi connectivity index (χ3n) is 4.69. The normalized spacial score (nSPS) is 15.2. The van der Waals surface area contributed by atoms with Crippen molar-refractivity contribution in [3.63, 3.8) is 0 Å². The van der Waals surface area contributed by atoms with E-state index in [1.807, 2.05) is 0 Å². The topological polar surface area (TPSA) is 0 Å². The Labute approximate surface area is 118 Å². The van der Waals surface area contributed by atoms with Crippen molar-refractivity contribution in [1.29, 1.82) is 0 Å². The minimum Gasteiger partial charge on any atom is -0.0795 e. The van der Waals surface area contributed by atoms with Gasteiger partial charge in [0, 0.05) is 0 Å². The second-order valence-electron chi connectivity index (χ2n) is 5.77. The lowest BCUT2D eigenvalue weighted by molar-refractivity contribution is 1.34. The van der Waals surface area contributed by atoms with Gasteiger partial charge in [-0.3, -0.25) is 0 Å². The zero-order chi connectivity index (χ0) is 13.1. The summed E-state index contributed by atoms with van der Waals surface area (Å²) in [6, 6.07) is 13.8. The molecular weight excluding hydrogens is 240 g/mol. The fourth-order valence-corrected chi connectivity index (χ4v) is 3.68. The van der Waals surface area contributed by atoms with Gasteiger partial charge >= 0.3 is 0 Å². The number of benzene rings is 3. The Bertz CT molecular complexity index is 864. The summed E-state index contributed by atoms with van der Waals surface area (Å²) in [4.78, 5) is 0. The molecule has 3 aromatic rings. The Kier molecular flexibility index (Phi) is 1.88.